The highest BCUT2D eigenvalue weighted by Gasteiger charge is 2.04. The molecule has 0 spiro atoms. The van der Waals surface area contributed by atoms with Crippen LogP contribution in [-0.4, -0.2) is 24.5 Å². The van der Waals surface area contributed by atoms with Gasteiger partial charge >= 0.3 is 0 Å². The molecular weight excluding hydrogens is 196 g/mol. The van der Waals surface area contributed by atoms with Crippen LogP contribution in [0.25, 0.3) is 0 Å². The summed E-state index contributed by atoms with van der Waals surface area (Å²) in [5.74, 6) is 0.461. The lowest BCUT2D eigenvalue weighted by atomic mass is 10.00. The largest absolute Gasteiger partial charge is 0.330 e. The van der Waals surface area contributed by atoms with E-state index >= 15 is 0 Å². The molecule has 0 aliphatic carbocycles. The summed E-state index contributed by atoms with van der Waals surface area (Å²) in [6.07, 6.45) is 0. The third-order valence-corrected chi connectivity index (χ3v) is 3.20. The van der Waals surface area contributed by atoms with E-state index in [1.54, 1.807) is 0 Å². The molecule has 2 nitrogen and oxygen atoms in total. The minimum Gasteiger partial charge on any atom is -0.330 e. The second kappa shape index (κ2) is 6.66. The van der Waals surface area contributed by atoms with E-state index in [9.17, 15) is 0 Å². The molecule has 0 aromatic heterocycles. The van der Waals surface area contributed by atoms with Crippen LogP contribution >= 0.6 is 0 Å². The maximum atomic E-state index is 5.66. The van der Waals surface area contributed by atoms with Crippen molar-refractivity contribution in [1.29, 1.82) is 0 Å². The van der Waals surface area contributed by atoms with Crippen molar-refractivity contribution in [1.82, 2.24) is 4.90 Å². The Morgan fingerprint density at radius 2 is 1.69 bits per heavy atom. The Bertz CT molecular complexity index is 288. The molecule has 1 aromatic rings. The van der Waals surface area contributed by atoms with Gasteiger partial charge in [0.15, 0.2) is 0 Å². The van der Waals surface area contributed by atoms with Gasteiger partial charge in [0, 0.05) is 6.54 Å². The Kier molecular flexibility index (Phi) is 5.50. The van der Waals surface area contributed by atoms with Crippen molar-refractivity contribution in [2.24, 2.45) is 5.73 Å². The average Bonchev–Trinajstić information content (AvgIpc) is 2.35. The van der Waals surface area contributed by atoms with Gasteiger partial charge in [0.2, 0.25) is 0 Å². The van der Waals surface area contributed by atoms with Gasteiger partial charge in [0.1, 0.15) is 0 Å². The monoisotopic (exact) mass is 220 g/mol. The minimum absolute atomic E-state index is 0.461. The molecule has 0 saturated heterocycles. The van der Waals surface area contributed by atoms with Crippen LogP contribution in [0.3, 0.4) is 0 Å². The van der Waals surface area contributed by atoms with Gasteiger partial charge in [0.05, 0.1) is 0 Å². The molecule has 0 aliphatic heterocycles. The molecule has 90 valence electrons. The van der Waals surface area contributed by atoms with Crippen LogP contribution in [0.15, 0.2) is 24.3 Å². The second-order valence-corrected chi connectivity index (χ2v) is 4.34. The van der Waals surface area contributed by atoms with Gasteiger partial charge in [-0.25, -0.2) is 0 Å². The predicted molar refractivity (Wildman–Crippen MR) is 70.5 cm³/mol. The minimum atomic E-state index is 0.461. The number of nitrogens with two attached hydrogens (primary N) is 1. The van der Waals surface area contributed by atoms with E-state index in [1.165, 1.54) is 11.1 Å². The molecular formula is C14H24N2. The van der Waals surface area contributed by atoms with E-state index in [0.29, 0.717) is 5.92 Å². The van der Waals surface area contributed by atoms with Gasteiger partial charge in [-0.15, -0.1) is 0 Å². The van der Waals surface area contributed by atoms with Crippen molar-refractivity contribution in [2.45, 2.75) is 33.2 Å². The van der Waals surface area contributed by atoms with Crippen LogP contribution < -0.4 is 5.73 Å². The lowest BCUT2D eigenvalue weighted by molar-refractivity contribution is 0.296. The molecule has 0 saturated carbocycles. The first-order valence-electron chi connectivity index (χ1n) is 6.22. The number of hydrogen-bond acceptors (Lipinski definition) is 2. The summed E-state index contributed by atoms with van der Waals surface area (Å²) >= 11 is 0. The highest BCUT2D eigenvalue weighted by molar-refractivity contribution is 5.25. The fraction of sp³-hybridized carbons (Fsp3) is 0.571. The highest BCUT2D eigenvalue weighted by atomic mass is 15.1. The number of rotatable bonds is 6. The van der Waals surface area contributed by atoms with Crippen molar-refractivity contribution in [3.63, 3.8) is 0 Å². The SMILES string of the molecule is CCN(CC)Cc1ccc(C(C)CN)cc1. The summed E-state index contributed by atoms with van der Waals surface area (Å²) in [5.41, 5.74) is 8.38. The van der Waals surface area contributed by atoms with Gasteiger partial charge < -0.3 is 5.73 Å². The summed E-state index contributed by atoms with van der Waals surface area (Å²) in [7, 11) is 0. The summed E-state index contributed by atoms with van der Waals surface area (Å²) in [6, 6.07) is 8.85. The van der Waals surface area contributed by atoms with E-state index < -0.39 is 0 Å². The van der Waals surface area contributed by atoms with Crippen LogP contribution in [0.2, 0.25) is 0 Å². The van der Waals surface area contributed by atoms with Crippen LogP contribution in [0, 0.1) is 0 Å². The smallest absolute Gasteiger partial charge is 0.0233 e. The number of benzene rings is 1. The first kappa shape index (κ1) is 13.2. The molecule has 0 fully saturated rings. The molecule has 16 heavy (non-hydrogen) atoms. The molecule has 1 rings (SSSR count). The highest BCUT2D eigenvalue weighted by Crippen LogP contribution is 2.15. The normalized spacial score (nSPS) is 13.1. The lowest BCUT2D eigenvalue weighted by Gasteiger charge is -2.18. The van der Waals surface area contributed by atoms with Crippen LogP contribution in [0.1, 0.15) is 37.8 Å². The summed E-state index contributed by atoms with van der Waals surface area (Å²) in [4.78, 5) is 2.42. The first-order chi connectivity index (χ1) is 7.71. The zero-order valence-electron chi connectivity index (χ0n) is 10.7. The standard InChI is InChI=1S/C14H24N2/c1-4-16(5-2)11-13-6-8-14(9-7-13)12(3)10-15/h6-9,12H,4-5,10-11,15H2,1-3H3. The van der Waals surface area contributed by atoms with Gasteiger partial charge in [0.25, 0.3) is 0 Å². The zero-order valence-corrected chi connectivity index (χ0v) is 10.7. The summed E-state index contributed by atoms with van der Waals surface area (Å²) in [6.45, 7) is 10.6. The molecule has 0 aliphatic rings. The van der Waals surface area contributed by atoms with E-state index in [1.807, 2.05) is 0 Å². The van der Waals surface area contributed by atoms with Crippen LogP contribution in [0.4, 0.5) is 0 Å². The number of hydrogen-bond donors (Lipinski definition) is 1. The van der Waals surface area contributed by atoms with Crippen molar-refractivity contribution in [2.75, 3.05) is 19.6 Å². The second-order valence-electron chi connectivity index (χ2n) is 4.34. The molecule has 0 amide bonds. The van der Waals surface area contributed by atoms with Crippen molar-refractivity contribution in [3.8, 4) is 0 Å². The fourth-order valence-corrected chi connectivity index (χ4v) is 1.79. The molecule has 0 heterocycles. The van der Waals surface area contributed by atoms with Crippen molar-refractivity contribution >= 4 is 0 Å². The van der Waals surface area contributed by atoms with Crippen LogP contribution in [-0.2, 0) is 6.54 Å². The number of nitrogens with zero attached hydrogens (tertiary/aromatic N) is 1. The average molecular weight is 220 g/mol. The van der Waals surface area contributed by atoms with E-state index in [-0.39, 0.29) is 0 Å². The predicted octanol–water partition coefficient (Wildman–Crippen LogP) is 2.59. The third kappa shape index (κ3) is 3.62. The quantitative estimate of drug-likeness (QED) is 0.798. The van der Waals surface area contributed by atoms with E-state index in [0.717, 1.165) is 26.2 Å². The molecule has 1 atom stereocenters. The van der Waals surface area contributed by atoms with E-state index in [2.05, 4.69) is 49.9 Å². The van der Waals surface area contributed by atoms with Crippen molar-refractivity contribution < 1.29 is 0 Å². The first-order valence-corrected chi connectivity index (χ1v) is 6.22. The van der Waals surface area contributed by atoms with Crippen LogP contribution in [0.5, 0.6) is 0 Å². The van der Waals surface area contributed by atoms with Gasteiger partial charge in [-0.1, -0.05) is 45.0 Å². The fourth-order valence-electron chi connectivity index (χ4n) is 1.79. The van der Waals surface area contributed by atoms with E-state index in [4.69, 9.17) is 5.73 Å². The molecule has 0 bridgehead atoms. The summed E-state index contributed by atoms with van der Waals surface area (Å²) in [5, 5.41) is 0. The lowest BCUT2D eigenvalue weighted by Crippen LogP contribution is -2.22. The molecule has 2 N–H and O–H groups in total. The Hall–Kier alpha value is -0.860. The zero-order chi connectivity index (χ0) is 12.0. The molecule has 2 heteroatoms. The Balaban J connectivity index is 2.64. The van der Waals surface area contributed by atoms with Crippen molar-refractivity contribution in [3.05, 3.63) is 35.4 Å². The van der Waals surface area contributed by atoms with Gasteiger partial charge in [-0.3, -0.25) is 4.90 Å². The molecule has 1 aromatic carbocycles. The topological polar surface area (TPSA) is 29.3 Å². The third-order valence-electron chi connectivity index (χ3n) is 3.20. The summed E-state index contributed by atoms with van der Waals surface area (Å²) < 4.78 is 0. The Labute approximate surface area is 99.5 Å². The van der Waals surface area contributed by atoms with Gasteiger partial charge in [-0.2, -0.15) is 0 Å². The molecule has 0 radical (unpaired) electrons. The van der Waals surface area contributed by atoms with Gasteiger partial charge in [-0.05, 0) is 36.7 Å². The Morgan fingerprint density at radius 1 is 1.12 bits per heavy atom. The maximum absolute atomic E-state index is 5.66. The molecule has 1 unspecified atom stereocenters. The maximum Gasteiger partial charge on any atom is 0.0233 e. The Morgan fingerprint density at radius 3 is 2.12 bits per heavy atom.